The molecule has 1 heterocycles. The van der Waals surface area contributed by atoms with Crippen molar-refractivity contribution in [3.63, 3.8) is 0 Å². The Morgan fingerprint density at radius 1 is 1.05 bits per heavy atom. The largest absolute Gasteiger partial charge is 0.478 e. The highest BCUT2D eigenvalue weighted by Gasteiger charge is 2.22. The third-order valence-corrected chi connectivity index (χ3v) is 3.92. The summed E-state index contributed by atoms with van der Waals surface area (Å²) in [5, 5.41) is 9.39. The predicted molar refractivity (Wildman–Crippen MR) is 84.4 cm³/mol. The standard InChI is InChI=1S/C18H16N2O2/c1-19-16(13-8-4-3-5-9-13)12-17(20(19)2)14-10-6-7-11-15(14)18(21)22/h3-12H,1-2H3/p+1. The lowest BCUT2D eigenvalue weighted by atomic mass is 10.0. The van der Waals surface area contributed by atoms with E-state index in [0.717, 1.165) is 22.5 Å². The molecule has 0 aliphatic rings. The first kappa shape index (κ1) is 14.1. The van der Waals surface area contributed by atoms with Crippen LogP contribution >= 0.6 is 0 Å². The van der Waals surface area contributed by atoms with Gasteiger partial charge >= 0.3 is 5.97 Å². The second-order valence-electron chi connectivity index (χ2n) is 5.18. The van der Waals surface area contributed by atoms with Gasteiger partial charge in [-0.25, -0.2) is 4.79 Å². The molecule has 3 rings (SSSR count). The van der Waals surface area contributed by atoms with E-state index in [1.165, 1.54) is 0 Å². The normalized spacial score (nSPS) is 10.6. The lowest BCUT2D eigenvalue weighted by molar-refractivity contribution is -0.740. The van der Waals surface area contributed by atoms with Crippen LogP contribution in [0.25, 0.3) is 22.5 Å². The van der Waals surface area contributed by atoms with Crippen molar-refractivity contribution in [1.82, 2.24) is 4.68 Å². The van der Waals surface area contributed by atoms with E-state index in [2.05, 4.69) is 0 Å². The van der Waals surface area contributed by atoms with Crippen LogP contribution in [0, 0.1) is 0 Å². The SMILES string of the molecule is Cn1c(-c2ccccc2C(=O)O)cc(-c2ccccc2)[n+]1C. The van der Waals surface area contributed by atoms with Gasteiger partial charge in [0.15, 0.2) is 7.05 Å². The second-order valence-corrected chi connectivity index (χ2v) is 5.18. The van der Waals surface area contributed by atoms with Crippen molar-refractivity contribution < 1.29 is 14.6 Å². The summed E-state index contributed by atoms with van der Waals surface area (Å²) in [5.74, 6) is -0.916. The number of hydrogen-bond acceptors (Lipinski definition) is 1. The Kier molecular flexibility index (Phi) is 3.51. The van der Waals surface area contributed by atoms with Gasteiger partial charge in [0.25, 0.3) is 0 Å². The number of carboxylic acid groups (broad SMARTS) is 1. The molecule has 0 saturated carbocycles. The fraction of sp³-hybridized carbons (Fsp3) is 0.111. The van der Waals surface area contributed by atoms with Gasteiger partial charge in [0, 0.05) is 17.2 Å². The van der Waals surface area contributed by atoms with Crippen molar-refractivity contribution >= 4 is 5.97 Å². The molecule has 22 heavy (non-hydrogen) atoms. The van der Waals surface area contributed by atoms with Crippen molar-refractivity contribution in [1.29, 1.82) is 0 Å². The second kappa shape index (κ2) is 5.48. The monoisotopic (exact) mass is 293 g/mol. The smallest absolute Gasteiger partial charge is 0.336 e. The fourth-order valence-corrected chi connectivity index (χ4v) is 2.66. The van der Waals surface area contributed by atoms with Crippen molar-refractivity contribution in [3.8, 4) is 22.5 Å². The molecule has 0 unspecified atom stereocenters. The number of benzene rings is 2. The molecule has 0 radical (unpaired) electrons. The summed E-state index contributed by atoms with van der Waals surface area (Å²) in [6, 6.07) is 19.2. The number of rotatable bonds is 3. The molecule has 4 nitrogen and oxygen atoms in total. The Hall–Kier alpha value is -2.88. The Balaban J connectivity index is 2.21. The molecule has 0 aliphatic heterocycles. The van der Waals surface area contributed by atoms with Crippen LogP contribution in [0.3, 0.4) is 0 Å². The molecule has 0 aliphatic carbocycles. The Morgan fingerprint density at radius 2 is 1.68 bits per heavy atom. The summed E-state index contributed by atoms with van der Waals surface area (Å²) in [7, 11) is 3.90. The molecule has 0 amide bonds. The van der Waals surface area contributed by atoms with Gasteiger partial charge in [-0.2, -0.15) is 4.68 Å². The lowest BCUT2D eigenvalue weighted by Crippen LogP contribution is -2.39. The molecule has 3 aromatic rings. The van der Waals surface area contributed by atoms with Gasteiger partial charge < -0.3 is 5.11 Å². The van der Waals surface area contributed by atoms with Gasteiger partial charge in [0.2, 0.25) is 5.69 Å². The summed E-state index contributed by atoms with van der Waals surface area (Å²) in [4.78, 5) is 11.5. The Labute approximate surface area is 128 Å². The third kappa shape index (κ3) is 2.29. The van der Waals surface area contributed by atoms with Crippen LogP contribution in [-0.4, -0.2) is 15.8 Å². The molecule has 0 saturated heterocycles. The molecule has 4 heteroatoms. The molecule has 2 aromatic carbocycles. The zero-order valence-electron chi connectivity index (χ0n) is 12.5. The van der Waals surface area contributed by atoms with Crippen molar-refractivity contribution in [2.24, 2.45) is 14.1 Å². The van der Waals surface area contributed by atoms with E-state index >= 15 is 0 Å². The molecule has 0 fully saturated rings. The molecule has 110 valence electrons. The number of carboxylic acids is 1. The minimum atomic E-state index is -0.916. The first-order chi connectivity index (χ1) is 10.6. The highest BCUT2D eigenvalue weighted by molar-refractivity contribution is 5.95. The third-order valence-electron chi connectivity index (χ3n) is 3.92. The summed E-state index contributed by atoms with van der Waals surface area (Å²) < 4.78 is 3.98. The van der Waals surface area contributed by atoms with E-state index in [-0.39, 0.29) is 0 Å². The van der Waals surface area contributed by atoms with Crippen molar-refractivity contribution in [2.75, 3.05) is 0 Å². The maximum absolute atomic E-state index is 11.5. The van der Waals surface area contributed by atoms with Crippen molar-refractivity contribution in [3.05, 3.63) is 66.2 Å². The predicted octanol–water partition coefficient (Wildman–Crippen LogP) is 2.88. The van der Waals surface area contributed by atoms with Crippen LogP contribution in [0.1, 0.15) is 10.4 Å². The number of aromatic nitrogens is 2. The summed E-state index contributed by atoms with van der Waals surface area (Å²) in [6.07, 6.45) is 0. The zero-order chi connectivity index (χ0) is 15.7. The van der Waals surface area contributed by atoms with Crippen molar-refractivity contribution in [2.45, 2.75) is 0 Å². The number of nitrogens with zero attached hydrogens (tertiary/aromatic N) is 2. The quantitative estimate of drug-likeness (QED) is 0.755. The number of carbonyl (C=O) groups is 1. The van der Waals surface area contributed by atoms with E-state index < -0.39 is 5.97 Å². The highest BCUT2D eigenvalue weighted by atomic mass is 16.4. The maximum Gasteiger partial charge on any atom is 0.336 e. The van der Waals surface area contributed by atoms with Crippen LogP contribution in [0.5, 0.6) is 0 Å². The van der Waals surface area contributed by atoms with Gasteiger partial charge in [0.05, 0.1) is 12.6 Å². The molecular formula is C18H17N2O2+. The molecule has 0 atom stereocenters. The van der Waals surface area contributed by atoms with Crippen LogP contribution in [-0.2, 0) is 14.1 Å². The van der Waals surface area contributed by atoms with Crippen LogP contribution in [0.2, 0.25) is 0 Å². The lowest BCUT2D eigenvalue weighted by Gasteiger charge is -2.04. The first-order valence-electron chi connectivity index (χ1n) is 7.03. The van der Waals surface area contributed by atoms with E-state index in [1.54, 1.807) is 12.1 Å². The minimum absolute atomic E-state index is 0.309. The van der Waals surface area contributed by atoms with Crippen LogP contribution in [0.4, 0.5) is 0 Å². The van der Waals surface area contributed by atoms with Gasteiger partial charge in [-0.15, -0.1) is 4.68 Å². The molecule has 0 bridgehead atoms. The van der Waals surface area contributed by atoms with Crippen LogP contribution < -0.4 is 4.68 Å². The molecule has 0 spiro atoms. The van der Waals surface area contributed by atoms with E-state index in [1.807, 2.05) is 72.0 Å². The van der Waals surface area contributed by atoms with E-state index in [4.69, 9.17) is 0 Å². The van der Waals surface area contributed by atoms with Crippen LogP contribution in [0.15, 0.2) is 60.7 Å². The Bertz CT molecular complexity index is 836. The fourth-order valence-electron chi connectivity index (χ4n) is 2.66. The van der Waals surface area contributed by atoms with Gasteiger partial charge in [0.1, 0.15) is 5.69 Å². The topological polar surface area (TPSA) is 46.1 Å². The maximum atomic E-state index is 11.5. The summed E-state index contributed by atoms with van der Waals surface area (Å²) >= 11 is 0. The Morgan fingerprint density at radius 3 is 2.36 bits per heavy atom. The summed E-state index contributed by atoms with van der Waals surface area (Å²) in [5.41, 5.74) is 4.04. The van der Waals surface area contributed by atoms with E-state index in [0.29, 0.717) is 5.56 Å². The van der Waals surface area contributed by atoms with Gasteiger partial charge in [-0.05, 0) is 18.2 Å². The van der Waals surface area contributed by atoms with E-state index in [9.17, 15) is 9.90 Å². The average molecular weight is 293 g/mol. The molecular weight excluding hydrogens is 276 g/mol. The average Bonchev–Trinajstić information content (AvgIpc) is 2.84. The summed E-state index contributed by atoms with van der Waals surface area (Å²) in [6.45, 7) is 0. The molecule has 1 N–H and O–H groups in total. The first-order valence-corrected chi connectivity index (χ1v) is 7.03. The van der Waals surface area contributed by atoms with Gasteiger partial charge in [-0.1, -0.05) is 36.4 Å². The zero-order valence-corrected chi connectivity index (χ0v) is 12.5. The number of aromatic carboxylic acids is 1. The minimum Gasteiger partial charge on any atom is -0.478 e. The highest BCUT2D eigenvalue weighted by Crippen LogP contribution is 2.27. The molecule has 1 aromatic heterocycles. The number of hydrogen-bond donors (Lipinski definition) is 1. The van der Waals surface area contributed by atoms with Gasteiger partial charge in [-0.3, -0.25) is 0 Å².